The number of aromatic nitrogens is 3. The Morgan fingerprint density at radius 2 is 1.75 bits per heavy atom. The monoisotopic (exact) mass is 437 g/mol. The lowest BCUT2D eigenvalue weighted by Crippen LogP contribution is -2.35. The summed E-state index contributed by atoms with van der Waals surface area (Å²) < 4.78 is 12.5. The maximum absolute atomic E-state index is 13.4. The zero-order chi connectivity index (χ0) is 23.2. The molecule has 3 aromatic rings. The van der Waals surface area contributed by atoms with Crippen molar-refractivity contribution in [3.8, 4) is 22.6 Å². The first-order chi connectivity index (χ1) is 15.2. The van der Waals surface area contributed by atoms with Gasteiger partial charge in [-0.2, -0.15) is 4.98 Å². The molecule has 0 spiro atoms. The molecule has 2 atom stereocenters. The molecule has 1 aliphatic carbocycles. The summed E-state index contributed by atoms with van der Waals surface area (Å²) in [5.41, 5.74) is 9.29. The number of hydrogen-bond acceptors (Lipinski definition) is 8. The molecule has 1 aromatic carbocycles. The molecule has 0 amide bonds. The van der Waals surface area contributed by atoms with Gasteiger partial charge in [-0.25, -0.2) is 4.98 Å². The predicted octanol–water partition coefficient (Wildman–Crippen LogP) is 2.10. The number of pyridine rings is 1. The number of ether oxygens (including phenoxy) is 2. The fourth-order valence-electron chi connectivity index (χ4n) is 4.40. The molecule has 32 heavy (non-hydrogen) atoms. The van der Waals surface area contributed by atoms with Crippen LogP contribution in [-0.4, -0.2) is 46.6 Å². The summed E-state index contributed by atoms with van der Waals surface area (Å²) in [6.07, 6.45) is 2.35. The van der Waals surface area contributed by atoms with Gasteiger partial charge in [0.15, 0.2) is 0 Å². The van der Waals surface area contributed by atoms with Gasteiger partial charge in [0.05, 0.1) is 20.3 Å². The van der Waals surface area contributed by atoms with Gasteiger partial charge in [0.25, 0.3) is 5.56 Å². The normalized spacial score (nSPS) is 18.2. The minimum atomic E-state index is -0.276. The minimum absolute atomic E-state index is 0.118. The van der Waals surface area contributed by atoms with E-state index in [0.29, 0.717) is 46.9 Å². The number of rotatable bonds is 5. The summed E-state index contributed by atoms with van der Waals surface area (Å²) in [5.74, 6) is 1.74. The number of aryl methyl sites for hydroxylation is 1. The SMILES string of the molecule is COc1cc(OC)c(C)c(-c2cc3cnc(NC4CC(=O)CC4N)nc3n(C)c2=O)c1C. The lowest BCUT2D eigenvalue weighted by molar-refractivity contribution is -0.117. The molecule has 1 saturated carbocycles. The Morgan fingerprint density at radius 1 is 1.09 bits per heavy atom. The van der Waals surface area contributed by atoms with Gasteiger partial charge in [-0.3, -0.25) is 14.2 Å². The van der Waals surface area contributed by atoms with Crippen molar-refractivity contribution in [3.63, 3.8) is 0 Å². The highest BCUT2D eigenvalue weighted by atomic mass is 16.5. The van der Waals surface area contributed by atoms with Crippen molar-refractivity contribution >= 4 is 22.8 Å². The lowest BCUT2D eigenvalue weighted by Gasteiger charge is -2.19. The molecule has 0 aliphatic heterocycles. The van der Waals surface area contributed by atoms with E-state index < -0.39 is 0 Å². The highest BCUT2D eigenvalue weighted by Gasteiger charge is 2.30. The predicted molar refractivity (Wildman–Crippen MR) is 122 cm³/mol. The van der Waals surface area contributed by atoms with Crippen LogP contribution in [0.3, 0.4) is 0 Å². The van der Waals surface area contributed by atoms with Crippen molar-refractivity contribution in [1.29, 1.82) is 0 Å². The van der Waals surface area contributed by atoms with Crippen LogP contribution in [0.1, 0.15) is 24.0 Å². The van der Waals surface area contributed by atoms with Crippen LogP contribution < -0.4 is 26.1 Å². The van der Waals surface area contributed by atoms with Crippen LogP contribution >= 0.6 is 0 Å². The second-order valence-electron chi connectivity index (χ2n) is 8.16. The smallest absolute Gasteiger partial charge is 0.259 e. The van der Waals surface area contributed by atoms with Gasteiger partial charge >= 0.3 is 0 Å². The third kappa shape index (κ3) is 3.58. The molecular weight excluding hydrogens is 410 g/mol. The molecule has 0 saturated heterocycles. The van der Waals surface area contributed by atoms with Gasteiger partial charge in [0.2, 0.25) is 5.95 Å². The molecule has 9 nitrogen and oxygen atoms in total. The van der Waals surface area contributed by atoms with E-state index in [0.717, 1.165) is 16.7 Å². The average molecular weight is 438 g/mol. The molecule has 1 aliphatic rings. The lowest BCUT2D eigenvalue weighted by atomic mass is 9.94. The third-order valence-corrected chi connectivity index (χ3v) is 6.15. The quantitative estimate of drug-likeness (QED) is 0.622. The van der Waals surface area contributed by atoms with Crippen LogP contribution in [0.4, 0.5) is 5.95 Å². The van der Waals surface area contributed by atoms with Crippen LogP contribution in [0.25, 0.3) is 22.2 Å². The molecule has 9 heteroatoms. The number of benzene rings is 1. The maximum atomic E-state index is 13.4. The fourth-order valence-corrected chi connectivity index (χ4v) is 4.40. The Bertz CT molecular complexity index is 1260. The number of nitrogens with two attached hydrogens (primary N) is 1. The van der Waals surface area contributed by atoms with Crippen molar-refractivity contribution in [1.82, 2.24) is 14.5 Å². The van der Waals surface area contributed by atoms with Crippen LogP contribution in [0.5, 0.6) is 11.5 Å². The Labute approximate surface area is 185 Å². The van der Waals surface area contributed by atoms with Crippen LogP contribution in [0, 0.1) is 13.8 Å². The molecule has 1 fully saturated rings. The average Bonchev–Trinajstić information content (AvgIpc) is 3.08. The highest BCUT2D eigenvalue weighted by molar-refractivity contribution is 5.85. The van der Waals surface area contributed by atoms with E-state index in [4.69, 9.17) is 15.2 Å². The largest absolute Gasteiger partial charge is 0.496 e. The summed E-state index contributed by atoms with van der Waals surface area (Å²) >= 11 is 0. The molecule has 0 bridgehead atoms. The summed E-state index contributed by atoms with van der Waals surface area (Å²) in [6, 6.07) is 3.12. The highest BCUT2D eigenvalue weighted by Crippen LogP contribution is 2.38. The number of carbonyl (C=O) groups is 1. The van der Waals surface area contributed by atoms with E-state index in [1.807, 2.05) is 19.9 Å². The molecule has 2 heterocycles. The standard InChI is InChI=1S/C23H27N5O4/c1-11-18(31-4)9-19(32-5)12(2)20(11)15-6-13-10-25-23(27-21(13)28(3)22(15)30)26-17-8-14(29)7-16(17)24/h6,9-10,16-17H,7-8,24H2,1-5H3,(H,25,26,27). The first-order valence-electron chi connectivity index (χ1n) is 10.4. The van der Waals surface area contributed by atoms with Crippen molar-refractivity contribution in [3.05, 3.63) is 39.8 Å². The Kier molecular flexibility index (Phi) is 5.60. The molecule has 3 N–H and O–H groups in total. The zero-order valence-corrected chi connectivity index (χ0v) is 18.9. The Hall–Kier alpha value is -3.46. The van der Waals surface area contributed by atoms with Gasteiger partial charge in [-0.15, -0.1) is 0 Å². The number of fused-ring (bicyclic) bond motifs is 1. The van der Waals surface area contributed by atoms with Gasteiger partial charge in [0.1, 0.15) is 22.9 Å². The fraction of sp³-hybridized carbons (Fsp3) is 0.391. The molecule has 2 unspecified atom stereocenters. The van der Waals surface area contributed by atoms with Crippen LogP contribution in [-0.2, 0) is 11.8 Å². The van der Waals surface area contributed by atoms with E-state index in [1.165, 1.54) is 4.57 Å². The first-order valence-corrected chi connectivity index (χ1v) is 10.4. The number of Topliss-reactive ketones (excluding diaryl/α,β-unsaturated/α-hetero) is 1. The molecule has 4 rings (SSSR count). The van der Waals surface area contributed by atoms with Crippen LogP contribution in [0.15, 0.2) is 23.1 Å². The zero-order valence-electron chi connectivity index (χ0n) is 18.9. The molecule has 0 radical (unpaired) electrons. The number of anilines is 1. The Balaban J connectivity index is 1.84. The third-order valence-electron chi connectivity index (χ3n) is 6.15. The second-order valence-corrected chi connectivity index (χ2v) is 8.16. The van der Waals surface area contributed by atoms with Gasteiger partial charge in [-0.05, 0) is 31.0 Å². The second kappa shape index (κ2) is 8.23. The topological polar surface area (TPSA) is 121 Å². The van der Waals surface area contributed by atoms with Gasteiger partial charge in [0, 0.05) is 54.7 Å². The Morgan fingerprint density at radius 3 is 2.31 bits per heavy atom. The number of methoxy groups -OCH3 is 2. The van der Waals surface area contributed by atoms with E-state index in [9.17, 15) is 9.59 Å². The number of ketones is 1. The van der Waals surface area contributed by atoms with E-state index in [1.54, 1.807) is 33.5 Å². The number of hydrogen-bond donors (Lipinski definition) is 2. The van der Waals surface area contributed by atoms with Crippen molar-refractivity contribution < 1.29 is 14.3 Å². The molecule has 2 aromatic heterocycles. The molecular formula is C23H27N5O4. The summed E-state index contributed by atoms with van der Waals surface area (Å²) in [4.78, 5) is 34.0. The summed E-state index contributed by atoms with van der Waals surface area (Å²) in [7, 11) is 4.86. The maximum Gasteiger partial charge on any atom is 0.259 e. The van der Waals surface area contributed by atoms with Crippen LogP contribution in [0.2, 0.25) is 0 Å². The van der Waals surface area contributed by atoms with E-state index >= 15 is 0 Å². The van der Waals surface area contributed by atoms with E-state index in [-0.39, 0.29) is 23.4 Å². The summed E-state index contributed by atoms with van der Waals surface area (Å²) in [5, 5.41) is 3.85. The number of nitrogens with one attached hydrogen (secondary N) is 1. The molecule has 168 valence electrons. The number of nitrogens with zero attached hydrogens (tertiary/aromatic N) is 3. The van der Waals surface area contributed by atoms with Gasteiger partial charge < -0.3 is 20.5 Å². The van der Waals surface area contributed by atoms with Crippen molar-refractivity contribution in [2.24, 2.45) is 12.8 Å². The van der Waals surface area contributed by atoms with E-state index in [2.05, 4.69) is 15.3 Å². The summed E-state index contributed by atoms with van der Waals surface area (Å²) in [6.45, 7) is 3.83. The number of carbonyl (C=O) groups excluding carboxylic acids is 1. The van der Waals surface area contributed by atoms with Crippen molar-refractivity contribution in [2.75, 3.05) is 19.5 Å². The first kappa shape index (κ1) is 21.8. The minimum Gasteiger partial charge on any atom is -0.496 e. The van der Waals surface area contributed by atoms with Gasteiger partial charge in [-0.1, -0.05) is 0 Å². The van der Waals surface area contributed by atoms with Crippen molar-refractivity contribution in [2.45, 2.75) is 38.8 Å².